The van der Waals surface area contributed by atoms with E-state index in [1.807, 2.05) is 13.8 Å². The molecule has 0 aliphatic carbocycles. The van der Waals surface area contributed by atoms with Gasteiger partial charge in [-0.15, -0.1) is 0 Å². The SMILES string of the molecule is COC(=O)C[C@H](NC(=O)c1cccn1C(C)C)C(=O)O. The van der Waals surface area contributed by atoms with E-state index in [-0.39, 0.29) is 6.04 Å². The molecule has 2 N–H and O–H groups in total. The molecule has 0 radical (unpaired) electrons. The average molecular weight is 282 g/mol. The second kappa shape index (κ2) is 6.74. The highest BCUT2D eigenvalue weighted by Gasteiger charge is 2.25. The molecule has 0 spiro atoms. The molecule has 1 aromatic heterocycles. The molecule has 1 atom stereocenters. The Morgan fingerprint density at radius 2 is 2.05 bits per heavy atom. The zero-order valence-electron chi connectivity index (χ0n) is 11.6. The molecule has 1 rings (SSSR count). The lowest BCUT2D eigenvalue weighted by Gasteiger charge is -2.16. The van der Waals surface area contributed by atoms with E-state index in [2.05, 4.69) is 10.1 Å². The molecule has 0 unspecified atom stereocenters. The van der Waals surface area contributed by atoms with Crippen LogP contribution < -0.4 is 5.32 Å². The third kappa shape index (κ3) is 3.84. The van der Waals surface area contributed by atoms with E-state index in [1.54, 1.807) is 22.9 Å². The number of amides is 1. The van der Waals surface area contributed by atoms with Crippen LogP contribution in [0, 0.1) is 0 Å². The van der Waals surface area contributed by atoms with Gasteiger partial charge >= 0.3 is 11.9 Å². The van der Waals surface area contributed by atoms with Gasteiger partial charge in [0.25, 0.3) is 5.91 Å². The Morgan fingerprint density at radius 3 is 2.55 bits per heavy atom. The number of carbonyl (C=O) groups is 3. The molecule has 0 aromatic carbocycles. The van der Waals surface area contributed by atoms with Gasteiger partial charge in [-0.1, -0.05) is 0 Å². The Balaban J connectivity index is 2.83. The van der Waals surface area contributed by atoms with Gasteiger partial charge in [-0.05, 0) is 26.0 Å². The molecule has 0 bridgehead atoms. The minimum atomic E-state index is -1.31. The summed E-state index contributed by atoms with van der Waals surface area (Å²) in [5.41, 5.74) is 0.344. The van der Waals surface area contributed by atoms with Crippen LogP contribution in [0.1, 0.15) is 36.8 Å². The van der Waals surface area contributed by atoms with Crippen molar-refractivity contribution in [2.75, 3.05) is 7.11 Å². The molecular formula is C13H18N2O5. The fourth-order valence-corrected chi connectivity index (χ4v) is 1.72. The Hall–Kier alpha value is -2.31. The normalized spacial score (nSPS) is 12.0. The van der Waals surface area contributed by atoms with Gasteiger partial charge in [0.2, 0.25) is 0 Å². The summed E-state index contributed by atoms with van der Waals surface area (Å²) in [4.78, 5) is 34.2. The summed E-state index contributed by atoms with van der Waals surface area (Å²) >= 11 is 0. The van der Waals surface area contributed by atoms with E-state index in [0.29, 0.717) is 5.69 Å². The van der Waals surface area contributed by atoms with Crippen LogP contribution in [0.25, 0.3) is 0 Å². The third-order valence-corrected chi connectivity index (χ3v) is 2.77. The maximum absolute atomic E-state index is 12.1. The quantitative estimate of drug-likeness (QED) is 0.753. The van der Waals surface area contributed by atoms with Crippen LogP contribution >= 0.6 is 0 Å². The summed E-state index contributed by atoms with van der Waals surface area (Å²) in [6.45, 7) is 3.81. The summed E-state index contributed by atoms with van der Waals surface area (Å²) in [5, 5.41) is 11.3. The first-order valence-corrected chi connectivity index (χ1v) is 6.14. The summed E-state index contributed by atoms with van der Waals surface area (Å²) in [5.74, 6) is -2.52. The fraction of sp³-hybridized carbons (Fsp3) is 0.462. The molecule has 1 heterocycles. The van der Waals surface area contributed by atoms with Gasteiger partial charge in [0.1, 0.15) is 11.7 Å². The van der Waals surface area contributed by atoms with Crippen molar-refractivity contribution in [1.29, 1.82) is 0 Å². The Morgan fingerprint density at radius 1 is 1.40 bits per heavy atom. The number of rotatable bonds is 6. The lowest BCUT2D eigenvalue weighted by molar-refractivity contribution is -0.147. The standard InChI is InChI=1S/C13H18N2O5/c1-8(2)15-6-4-5-10(15)12(17)14-9(13(18)19)7-11(16)20-3/h4-6,8-9H,7H2,1-3H3,(H,14,17)(H,18,19)/t9-/m0/s1. The van der Waals surface area contributed by atoms with Crippen LogP contribution in [0.4, 0.5) is 0 Å². The number of aromatic nitrogens is 1. The topological polar surface area (TPSA) is 97.6 Å². The molecule has 0 fully saturated rings. The highest BCUT2D eigenvalue weighted by Crippen LogP contribution is 2.11. The summed E-state index contributed by atoms with van der Waals surface area (Å²) in [6.07, 6.45) is 1.32. The van der Waals surface area contributed by atoms with Crippen LogP contribution in [0.15, 0.2) is 18.3 Å². The van der Waals surface area contributed by atoms with E-state index in [9.17, 15) is 14.4 Å². The minimum Gasteiger partial charge on any atom is -0.480 e. The van der Waals surface area contributed by atoms with Gasteiger partial charge in [0.05, 0.1) is 13.5 Å². The number of methoxy groups -OCH3 is 1. The molecular weight excluding hydrogens is 264 g/mol. The first-order valence-electron chi connectivity index (χ1n) is 6.14. The van der Waals surface area contributed by atoms with Gasteiger partial charge in [-0.25, -0.2) is 4.79 Å². The number of ether oxygens (including phenoxy) is 1. The van der Waals surface area contributed by atoms with Crippen LogP contribution in [0.3, 0.4) is 0 Å². The van der Waals surface area contributed by atoms with Crippen LogP contribution in [-0.2, 0) is 14.3 Å². The van der Waals surface area contributed by atoms with Crippen molar-refractivity contribution in [3.63, 3.8) is 0 Å². The third-order valence-electron chi connectivity index (χ3n) is 2.77. The number of esters is 1. The Labute approximate surface area is 116 Å². The monoisotopic (exact) mass is 282 g/mol. The van der Waals surface area contributed by atoms with Crippen molar-refractivity contribution < 1.29 is 24.2 Å². The van der Waals surface area contributed by atoms with Crippen LogP contribution in [0.5, 0.6) is 0 Å². The number of carboxylic acid groups (broad SMARTS) is 1. The number of nitrogens with zero attached hydrogens (tertiary/aromatic N) is 1. The molecule has 7 nitrogen and oxygen atoms in total. The lowest BCUT2D eigenvalue weighted by Crippen LogP contribution is -2.43. The predicted octanol–water partition coefficient (Wildman–Crippen LogP) is 0.815. The summed E-state index contributed by atoms with van der Waals surface area (Å²) in [6, 6.07) is 2.04. The highest BCUT2D eigenvalue weighted by atomic mass is 16.5. The Kier molecular flexibility index (Phi) is 5.31. The zero-order valence-corrected chi connectivity index (χ0v) is 11.6. The maximum Gasteiger partial charge on any atom is 0.326 e. The van der Waals surface area contributed by atoms with E-state index < -0.39 is 30.3 Å². The van der Waals surface area contributed by atoms with E-state index in [1.165, 1.54) is 0 Å². The molecule has 1 aromatic rings. The summed E-state index contributed by atoms with van der Waals surface area (Å²) < 4.78 is 6.12. The molecule has 0 saturated carbocycles. The van der Waals surface area contributed by atoms with Crippen molar-refractivity contribution in [3.05, 3.63) is 24.0 Å². The van der Waals surface area contributed by atoms with Gasteiger partial charge in [0, 0.05) is 12.2 Å². The van der Waals surface area contributed by atoms with Gasteiger partial charge in [0.15, 0.2) is 0 Å². The van der Waals surface area contributed by atoms with Gasteiger partial charge in [-0.2, -0.15) is 0 Å². The highest BCUT2D eigenvalue weighted by molar-refractivity contribution is 5.96. The van der Waals surface area contributed by atoms with E-state index >= 15 is 0 Å². The first-order chi connectivity index (χ1) is 9.36. The second-order valence-corrected chi connectivity index (χ2v) is 4.54. The molecule has 1 amide bonds. The lowest BCUT2D eigenvalue weighted by atomic mass is 10.2. The van der Waals surface area contributed by atoms with E-state index in [0.717, 1.165) is 7.11 Å². The van der Waals surface area contributed by atoms with Crippen molar-refractivity contribution in [2.24, 2.45) is 0 Å². The van der Waals surface area contributed by atoms with Gasteiger partial charge in [-0.3, -0.25) is 9.59 Å². The van der Waals surface area contributed by atoms with Crippen molar-refractivity contribution in [2.45, 2.75) is 32.4 Å². The van der Waals surface area contributed by atoms with Crippen LogP contribution in [0.2, 0.25) is 0 Å². The molecule has 7 heteroatoms. The second-order valence-electron chi connectivity index (χ2n) is 4.54. The maximum atomic E-state index is 12.1. The predicted molar refractivity (Wildman–Crippen MR) is 70.3 cm³/mol. The molecule has 110 valence electrons. The molecule has 0 saturated heterocycles. The fourth-order valence-electron chi connectivity index (χ4n) is 1.72. The van der Waals surface area contributed by atoms with Crippen molar-refractivity contribution in [3.8, 4) is 0 Å². The molecule has 0 aliphatic heterocycles. The first kappa shape index (κ1) is 15.7. The largest absolute Gasteiger partial charge is 0.480 e. The Bertz CT molecular complexity index is 507. The van der Waals surface area contributed by atoms with Crippen LogP contribution in [-0.4, -0.2) is 40.7 Å². The zero-order chi connectivity index (χ0) is 15.3. The molecule has 0 aliphatic rings. The molecule has 20 heavy (non-hydrogen) atoms. The number of hydrogen-bond acceptors (Lipinski definition) is 4. The van der Waals surface area contributed by atoms with Crippen molar-refractivity contribution >= 4 is 17.8 Å². The number of carbonyl (C=O) groups excluding carboxylic acids is 2. The van der Waals surface area contributed by atoms with E-state index in [4.69, 9.17) is 5.11 Å². The number of carboxylic acids is 1. The number of aliphatic carboxylic acids is 1. The number of nitrogens with one attached hydrogen (secondary N) is 1. The minimum absolute atomic E-state index is 0.0645. The van der Waals surface area contributed by atoms with Crippen molar-refractivity contribution in [1.82, 2.24) is 9.88 Å². The smallest absolute Gasteiger partial charge is 0.326 e. The van der Waals surface area contributed by atoms with Gasteiger partial charge < -0.3 is 19.7 Å². The number of hydrogen-bond donors (Lipinski definition) is 2. The average Bonchev–Trinajstić information content (AvgIpc) is 2.86. The summed E-state index contributed by atoms with van der Waals surface area (Å²) in [7, 11) is 1.16.